The second-order valence-electron chi connectivity index (χ2n) is 8.76. The van der Waals surface area contributed by atoms with Crippen LogP contribution in [-0.4, -0.2) is 71.1 Å². The Labute approximate surface area is 191 Å². The van der Waals surface area contributed by atoms with Crippen LogP contribution in [0.2, 0.25) is 0 Å². The van der Waals surface area contributed by atoms with Gasteiger partial charge >= 0.3 is 13.1 Å². The molecule has 3 atom stereocenters. The molecule has 1 saturated carbocycles. The van der Waals surface area contributed by atoms with E-state index < -0.39 is 13.1 Å². The lowest BCUT2D eigenvalue weighted by atomic mass is 9.80. The van der Waals surface area contributed by atoms with Crippen molar-refractivity contribution in [2.45, 2.75) is 76.2 Å². The zero-order valence-electron chi connectivity index (χ0n) is 18.8. The molecule has 1 heterocycles. The average molecular weight is 445 g/mol. The van der Waals surface area contributed by atoms with Gasteiger partial charge < -0.3 is 24.6 Å². The number of hydrogen-bond donors (Lipinski definition) is 3. The third-order valence-electron chi connectivity index (χ3n) is 6.42. The van der Waals surface area contributed by atoms with Crippen LogP contribution < -0.4 is 5.46 Å². The third kappa shape index (κ3) is 7.71. The predicted octanol–water partition coefficient (Wildman–Crippen LogP) is 2.10. The Balaban J connectivity index is 1.58. The zero-order chi connectivity index (χ0) is 22.8. The van der Waals surface area contributed by atoms with Gasteiger partial charge in [0.1, 0.15) is 0 Å². The highest BCUT2D eigenvalue weighted by molar-refractivity contribution is 6.58. The second kappa shape index (κ2) is 13.1. The summed E-state index contributed by atoms with van der Waals surface area (Å²) in [6.45, 7) is 3.12. The molecular weight excluding hydrogens is 409 g/mol. The number of hydrogen-bond acceptors (Lipinski definition) is 6. The molecule has 0 amide bonds. The zero-order valence-corrected chi connectivity index (χ0v) is 18.8. The van der Waals surface area contributed by atoms with Crippen LogP contribution >= 0.6 is 0 Å². The lowest BCUT2D eigenvalue weighted by Gasteiger charge is -2.33. The first kappa shape index (κ1) is 24.9. The summed E-state index contributed by atoms with van der Waals surface area (Å²) in [4.78, 5) is 13.2. The van der Waals surface area contributed by atoms with Gasteiger partial charge in [-0.05, 0) is 56.2 Å². The van der Waals surface area contributed by atoms with E-state index >= 15 is 0 Å². The number of carboxylic acid groups (broad SMARTS) is 1. The number of ether oxygens (including phenoxy) is 2. The number of nitrogens with zero attached hydrogens (tertiary/aromatic N) is 1. The molecule has 0 unspecified atom stereocenters. The van der Waals surface area contributed by atoms with Gasteiger partial charge in [0.25, 0.3) is 0 Å². The lowest BCUT2D eigenvalue weighted by Crippen LogP contribution is -2.45. The molecule has 3 N–H and O–H groups in total. The van der Waals surface area contributed by atoms with Crippen LogP contribution in [0.4, 0.5) is 0 Å². The molecule has 8 heteroatoms. The number of aliphatic carboxylic acids is 1. The van der Waals surface area contributed by atoms with Crippen LogP contribution in [0.1, 0.15) is 56.9 Å². The minimum atomic E-state index is -1.46. The highest BCUT2D eigenvalue weighted by atomic mass is 16.5. The summed E-state index contributed by atoms with van der Waals surface area (Å²) in [6, 6.07) is 7.47. The Hall–Kier alpha value is -1.71. The van der Waals surface area contributed by atoms with Crippen molar-refractivity contribution in [2.24, 2.45) is 0 Å². The molecule has 0 radical (unpaired) electrons. The van der Waals surface area contributed by atoms with Crippen LogP contribution in [0.15, 0.2) is 36.4 Å². The van der Waals surface area contributed by atoms with Gasteiger partial charge in [0, 0.05) is 12.5 Å². The van der Waals surface area contributed by atoms with Gasteiger partial charge in [0.05, 0.1) is 25.4 Å². The fourth-order valence-electron chi connectivity index (χ4n) is 4.67. The molecule has 1 aromatic rings. The summed E-state index contributed by atoms with van der Waals surface area (Å²) in [7, 11) is -1.46. The fourth-order valence-corrected chi connectivity index (χ4v) is 4.67. The van der Waals surface area contributed by atoms with Crippen LogP contribution in [0.5, 0.6) is 0 Å². The SMILES string of the molecule is O=C(O)CCC=CCO[C@H]1[C@H](OCc2ccc(B(O)O)cc2)CC[C@@H]1N1CCCCCC1. The van der Waals surface area contributed by atoms with Crippen molar-refractivity contribution in [3.05, 3.63) is 42.0 Å². The highest BCUT2D eigenvalue weighted by Crippen LogP contribution is 2.31. The van der Waals surface area contributed by atoms with E-state index in [1.54, 1.807) is 12.1 Å². The number of benzene rings is 1. The molecule has 7 nitrogen and oxygen atoms in total. The topological polar surface area (TPSA) is 99.5 Å². The van der Waals surface area contributed by atoms with Gasteiger partial charge in [0.2, 0.25) is 0 Å². The van der Waals surface area contributed by atoms with Crippen molar-refractivity contribution in [2.75, 3.05) is 19.7 Å². The Kier molecular flexibility index (Phi) is 10.2. The van der Waals surface area contributed by atoms with Gasteiger partial charge in [-0.2, -0.15) is 0 Å². The summed E-state index contributed by atoms with van der Waals surface area (Å²) in [5, 5.41) is 27.3. The molecule has 0 aromatic heterocycles. The number of allylic oxidation sites excluding steroid dienone is 1. The number of rotatable bonds is 11. The molecule has 3 rings (SSSR count). The van der Waals surface area contributed by atoms with E-state index in [2.05, 4.69) is 4.90 Å². The van der Waals surface area contributed by atoms with Gasteiger partial charge in [-0.3, -0.25) is 9.69 Å². The van der Waals surface area contributed by atoms with Gasteiger partial charge in [-0.1, -0.05) is 49.3 Å². The van der Waals surface area contributed by atoms with Crippen molar-refractivity contribution in [1.29, 1.82) is 0 Å². The van der Waals surface area contributed by atoms with Crippen molar-refractivity contribution in [3.8, 4) is 0 Å². The summed E-state index contributed by atoms with van der Waals surface area (Å²) in [5.74, 6) is -0.789. The van der Waals surface area contributed by atoms with Gasteiger partial charge in [0.15, 0.2) is 0 Å². The van der Waals surface area contributed by atoms with Crippen molar-refractivity contribution < 1.29 is 29.4 Å². The van der Waals surface area contributed by atoms with Crippen LogP contribution in [-0.2, 0) is 20.9 Å². The summed E-state index contributed by atoms with van der Waals surface area (Å²) in [6.07, 6.45) is 11.4. The first-order valence-electron chi connectivity index (χ1n) is 11.8. The van der Waals surface area contributed by atoms with E-state index in [4.69, 9.17) is 14.6 Å². The molecule has 32 heavy (non-hydrogen) atoms. The van der Waals surface area contributed by atoms with Gasteiger partial charge in [-0.15, -0.1) is 0 Å². The summed E-state index contributed by atoms with van der Waals surface area (Å²) >= 11 is 0. The number of carbonyl (C=O) groups is 1. The van der Waals surface area contributed by atoms with E-state index in [0.29, 0.717) is 31.1 Å². The Morgan fingerprint density at radius 2 is 1.75 bits per heavy atom. The highest BCUT2D eigenvalue weighted by Gasteiger charge is 2.40. The van der Waals surface area contributed by atoms with Gasteiger partial charge in [-0.25, -0.2) is 0 Å². The number of likely N-dealkylation sites (tertiary alicyclic amines) is 1. The average Bonchev–Trinajstić information content (AvgIpc) is 2.98. The smallest absolute Gasteiger partial charge is 0.481 e. The molecular formula is C24H36BNO6. The van der Waals surface area contributed by atoms with E-state index in [1.165, 1.54) is 25.7 Å². The third-order valence-corrected chi connectivity index (χ3v) is 6.42. The first-order chi connectivity index (χ1) is 15.5. The van der Waals surface area contributed by atoms with Crippen molar-refractivity contribution in [1.82, 2.24) is 4.90 Å². The molecule has 1 aromatic carbocycles. The molecule has 1 aliphatic heterocycles. The largest absolute Gasteiger partial charge is 0.488 e. The minimum absolute atomic E-state index is 0.00113. The fraction of sp³-hybridized carbons (Fsp3) is 0.625. The first-order valence-corrected chi connectivity index (χ1v) is 11.8. The normalized spacial score (nSPS) is 24.6. The molecule has 1 saturated heterocycles. The monoisotopic (exact) mass is 445 g/mol. The molecule has 176 valence electrons. The van der Waals surface area contributed by atoms with Crippen LogP contribution in [0, 0.1) is 0 Å². The summed E-state index contributed by atoms with van der Waals surface area (Å²) < 4.78 is 12.6. The Morgan fingerprint density at radius 1 is 1.03 bits per heavy atom. The molecule has 0 bridgehead atoms. The molecule has 1 aliphatic carbocycles. The maximum atomic E-state index is 10.7. The molecule has 0 spiro atoms. The van der Waals surface area contributed by atoms with E-state index in [1.807, 2.05) is 24.3 Å². The minimum Gasteiger partial charge on any atom is -0.481 e. The quantitative estimate of drug-likeness (QED) is 0.354. The standard InChI is InChI=1S/C24H36BNO6/c27-23(28)8-4-3-7-17-31-24-21(26-15-5-1-2-6-16-26)13-14-22(24)32-18-19-9-11-20(12-10-19)25(29)30/h3,7,9-12,21-22,24,29-30H,1-2,4-6,8,13-18H2,(H,27,28)/t21-,22+,24+/m0/s1. The van der Waals surface area contributed by atoms with E-state index in [9.17, 15) is 14.8 Å². The van der Waals surface area contributed by atoms with E-state index in [-0.39, 0.29) is 18.6 Å². The molecule has 2 aliphatic rings. The maximum Gasteiger partial charge on any atom is 0.488 e. The number of carboxylic acids is 1. The predicted molar refractivity (Wildman–Crippen MR) is 124 cm³/mol. The molecule has 2 fully saturated rings. The van der Waals surface area contributed by atoms with Crippen molar-refractivity contribution >= 4 is 18.6 Å². The lowest BCUT2D eigenvalue weighted by molar-refractivity contribution is -0.136. The van der Waals surface area contributed by atoms with E-state index in [0.717, 1.165) is 31.5 Å². The second-order valence-corrected chi connectivity index (χ2v) is 8.76. The van der Waals surface area contributed by atoms with Crippen LogP contribution in [0.25, 0.3) is 0 Å². The summed E-state index contributed by atoms with van der Waals surface area (Å²) in [5.41, 5.74) is 1.45. The van der Waals surface area contributed by atoms with Crippen LogP contribution in [0.3, 0.4) is 0 Å². The Bertz CT molecular complexity index is 718. The maximum absolute atomic E-state index is 10.7. The Morgan fingerprint density at radius 3 is 2.41 bits per heavy atom. The van der Waals surface area contributed by atoms with Crippen molar-refractivity contribution in [3.63, 3.8) is 0 Å².